The van der Waals surface area contributed by atoms with Crippen molar-refractivity contribution in [1.29, 1.82) is 0 Å². The quantitative estimate of drug-likeness (QED) is 0.225. The van der Waals surface area contributed by atoms with Crippen molar-refractivity contribution in [3.63, 3.8) is 0 Å². The minimum atomic E-state index is -1.03. The number of methoxy groups -OCH3 is 1. The first-order valence-electron chi connectivity index (χ1n) is 12.3. The lowest BCUT2D eigenvalue weighted by atomic mass is 9.99. The first-order valence-corrected chi connectivity index (χ1v) is 13.5. The third-order valence-corrected chi connectivity index (χ3v) is 8.00. The van der Waals surface area contributed by atoms with Crippen molar-refractivity contribution in [3.05, 3.63) is 99.9 Å². The molecule has 3 aromatic carbocycles. The largest absolute Gasteiger partial charge is 0.497 e. The normalized spacial score (nSPS) is 14.3. The van der Waals surface area contributed by atoms with E-state index in [4.69, 9.17) is 21.4 Å². The van der Waals surface area contributed by atoms with Crippen LogP contribution in [0, 0.1) is 5.92 Å². The lowest BCUT2D eigenvalue weighted by Crippen LogP contribution is -2.28. The molecule has 41 heavy (non-hydrogen) atoms. The summed E-state index contributed by atoms with van der Waals surface area (Å²) in [5, 5.41) is 18.1. The Labute approximate surface area is 246 Å². The third kappa shape index (κ3) is 6.32. The van der Waals surface area contributed by atoms with Gasteiger partial charge in [-0.25, -0.2) is 9.80 Å². The van der Waals surface area contributed by atoms with Gasteiger partial charge in [0.1, 0.15) is 5.75 Å². The number of amides is 2. The maximum absolute atomic E-state index is 13.2. The molecule has 210 valence electrons. The van der Waals surface area contributed by atoms with Crippen LogP contribution in [0.4, 0.5) is 11.4 Å². The highest BCUT2D eigenvalue weighted by Gasteiger charge is 2.34. The standard InChI is InChI=1S/C30H24ClN3O5S.CH4/c1-17-24(29(36)34(33-17)21-9-6-18(7-10-21)30(37)38)16-23-11-13-27(40-23)19-8-12-26(31)25(14-19)28(35)32-20-4-3-5-22(15-20)39-2;/h3-15,24H,16H2,1-2H3,(H,32,35)(H,37,38);1H4. The lowest BCUT2D eigenvalue weighted by Gasteiger charge is -2.14. The Balaban J connectivity index is 0.00000387. The number of hydrogen-bond acceptors (Lipinski definition) is 6. The average Bonchev–Trinajstić information content (AvgIpc) is 3.53. The van der Waals surface area contributed by atoms with Crippen LogP contribution >= 0.6 is 22.9 Å². The molecule has 2 amide bonds. The van der Waals surface area contributed by atoms with Gasteiger partial charge in [0.05, 0.1) is 34.9 Å². The molecule has 0 aliphatic carbocycles. The van der Waals surface area contributed by atoms with Crippen molar-refractivity contribution < 1.29 is 24.2 Å². The highest BCUT2D eigenvalue weighted by molar-refractivity contribution is 7.15. The summed E-state index contributed by atoms with van der Waals surface area (Å²) in [5.74, 6) is -1.34. The molecule has 10 heteroatoms. The fourth-order valence-electron chi connectivity index (χ4n) is 4.36. The van der Waals surface area contributed by atoms with Crippen LogP contribution in [-0.2, 0) is 11.2 Å². The Morgan fingerprint density at radius 2 is 1.83 bits per heavy atom. The molecule has 2 heterocycles. The van der Waals surface area contributed by atoms with E-state index in [2.05, 4.69) is 10.4 Å². The highest BCUT2D eigenvalue weighted by Crippen LogP contribution is 2.34. The monoisotopic (exact) mass is 589 g/mol. The SMILES string of the molecule is C.COc1cccc(NC(=O)c2cc(-c3ccc(CC4C(=O)N(c5ccc(C(=O)O)cc5)N=C4C)s3)ccc2Cl)c1. The zero-order chi connectivity index (χ0) is 28.4. The van der Waals surface area contributed by atoms with Crippen LogP contribution in [0.2, 0.25) is 5.02 Å². The zero-order valence-corrected chi connectivity index (χ0v) is 23.1. The molecule has 0 saturated carbocycles. The van der Waals surface area contributed by atoms with Gasteiger partial charge in [-0.15, -0.1) is 11.3 Å². The maximum Gasteiger partial charge on any atom is 0.335 e. The molecule has 5 rings (SSSR count). The number of halogens is 1. The van der Waals surface area contributed by atoms with E-state index in [-0.39, 0.29) is 24.8 Å². The van der Waals surface area contributed by atoms with E-state index in [0.717, 1.165) is 15.3 Å². The molecule has 0 spiro atoms. The fraction of sp³-hybridized carbons (Fsp3) is 0.161. The number of carboxylic acid groups (broad SMARTS) is 1. The molecule has 1 aliphatic rings. The second-order valence-electron chi connectivity index (χ2n) is 9.15. The number of rotatable bonds is 8. The van der Waals surface area contributed by atoms with Crippen molar-refractivity contribution in [2.24, 2.45) is 11.0 Å². The summed E-state index contributed by atoms with van der Waals surface area (Å²) < 4.78 is 5.22. The second kappa shape index (κ2) is 12.4. The van der Waals surface area contributed by atoms with Crippen LogP contribution in [0.15, 0.2) is 84.0 Å². The molecule has 1 unspecified atom stereocenters. The van der Waals surface area contributed by atoms with Crippen LogP contribution in [0.25, 0.3) is 10.4 Å². The van der Waals surface area contributed by atoms with E-state index in [1.807, 2.05) is 25.1 Å². The van der Waals surface area contributed by atoms with E-state index >= 15 is 0 Å². The number of thiophene rings is 1. The number of carbonyl (C=O) groups excluding carboxylic acids is 2. The first-order chi connectivity index (χ1) is 19.2. The predicted octanol–water partition coefficient (Wildman–Crippen LogP) is 7.25. The highest BCUT2D eigenvalue weighted by atomic mass is 35.5. The van der Waals surface area contributed by atoms with Gasteiger partial charge in [0.2, 0.25) is 0 Å². The van der Waals surface area contributed by atoms with Crippen molar-refractivity contribution in [3.8, 4) is 16.2 Å². The molecule has 0 radical (unpaired) electrons. The lowest BCUT2D eigenvalue weighted by molar-refractivity contribution is -0.119. The summed E-state index contributed by atoms with van der Waals surface area (Å²) in [7, 11) is 1.56. The van der Waals surface area contributed by atoms with E-state index in [1.165, 1.54) is 28.5 Å². The number of hydrogen-bond donors (Lipinski definition) is 2. The van der Waals surface area contributed by atoms with Gasteiger partial charge < -0.3 is 15.2 Å². The maximum atomic E-state index is 13.2. The molecule has 4 aromatic rings. The Morgan fingerprint density at radius 3 is 2.54 bits per heavy atom. The molecule has 1 atom stereocenters. The number of carboxylic acids is 1. The Morgan fingerprint density at radius 1 is 1.07 bits per heavy atom. The van der Waals surface area contributed by atoms with Gasteiger partial charge in [0.15, 0.2) is 0 Å². The number of anilines is 2. The van der Waals surface area contributed by atoms with E-state index in [0.29, 0.717) is 39.8 Å². The molecule has 1 aromatic heterocycles. The van der Waals surface area contributed by atoms with Gasteiger partial charge in [-0.1, -0.05) is 31.2 Å². The van der Waals surface area contributed by atoms with Crippen LogP contribution < -0.4 is 15.1 Å². The van der Waals surface area contributed by atoms with Gasteiger partial charge >= 0.3 is 5.97 Å². The van der Waals surface area contributed by atoms with E-state index in [1.54, 1.807) is 55.6 Å². The number of carbonyl (C=O) groups is 3. The van der Waals surface area contributed by atoms with E-state index in [9.17, 15) is 14.4 Å². The molecular formula is C31H28ClN3O5S. The van der Waals surface area contributed by atoms with Gasteiger partial charge in [0, 0.05) is 27.2 Å². The molecule has 0 fully saturated rings. The van der Waals surface area contributed by atoms with Crippen molar-refractivity contribution >= 4 is 57.8 Å². The topological polar surface area (TPSA) is 108 Å². The van der Waals surface area contributed by atoms with Crippen LogP contribution in [0.1, 0.15) is 39.9 Å². The molecule has 2 N–H and O–H groups in total. The number of nitrogens with one attached hydrogen (secondary N) is 1. The van der Waals surface area contributed by atoms with Crippen molar-refractivity contribution in [1.82, 2.24) is 0 Å². The summed E-state index contributed by atoms with van der Waals surface area (Å²) in [6.07, 6.45) is 0.472. The van der Waals surface area contributed by atoms with Crippen LogP contribution in [0.5, 0.6) is 5.75 Å². The van der Waals surface area contributed by atoms with Gasteiger partial charge in [-0.2, -0.15) is 5.10 Å². The Bertz CT molecular complexity index is 1650. The van der Waals surface area contributed by atoms with E-state index < -0.39 is 11.9 Å². The summed E-state index contributed by atoms with van der Waals surface area (Å²) in [6, 6.07) is 22.4. The van der Waals surface area contributed by atoms with Gasteiger partial charge in [-0.3, -0.25) is 9.59 Å². The summed E-state index contributed by atoms with van der Waals surface area (Å²) in [5.41, 5.74) is 3.11. The minimum absolute atomic E-state index is 0. The van der Waals surface area contributed by atoms with Crippen LogP contribution in [0.3, 0.4) is 0 Å². The first kappa shape index (κ1) is 29.5. The second-order valence-corrected chi connectivity index (χ2v) is 10.7. The Hall–Kier alpha value is -4.47. The molecule has 1 aliphatic heterocycles. The van der Waals surface area contributed by atoms with Crippen molar-refractivity contribution in [2.75, 3.05) is 17.4 Å². The van der Waals surface area contributed by atoms with Gasteiger partial charge in [0.25, 0.3) is 11.8 Å². The molecule has 0 saturated heterocycles. The van der Waals surface area contributed by atoms with Gasteiger partial charge in [-0.05, 0) is 79.6 Å². The third-order valence-electron chi connectivity index (χ3n) is 6.52. The smallest absolute Gasteiger partial charge is 0.335 e. The summed E-state index contributed by atoms with van der Waals surface area (Å²) in [6.45, 7) is 1.81. The Kier molecular flexibility index (Phi) is 8.90. The number of nitrogens with zero attached hydrogens (tertiary/aromatic N) is 2. The van der Waals surface area contributed by atoms with Crippen LogP contribution in [-0.4, -0.2) is 35.7 Å². The molecular weight excluding hydrogens is 562 g/mol. The minimum Gasteiger partial charge on any atom is -0.497 e. The molecule has 0 bridgehead atoms. The fourth-order valence-corrected chi connectivity index (χ4v) is 5.62. The predicted molar refractivity (Wildman–Crippen MR) is 164 cm³/mol. The number of aromatic carboxylic acids is 1. The number of ether oxygens (including phenoxy) is 1. The summed E-state index contributed by atoms with van der Waals surface area (Å²) >= 11 is 7.91. The molecule has 8 nitrogen and oxygen atoms in total. The summed E-state index contributed by atoms with van der Waals surface area (Å²) in [4.78, 5) is 39.3. The number of hydrazone groups is 1. The average molecular weight is 590 g/mol. The van der Waals surface area contributed by atoms with Crippen molar-refractivity contribution in [2.45, 2.75) is 20.8 Å². The number of benzene rings is 3. The zero-order valence-electron chi connectivity index (χ0n) is 21.6.